The molecule has 1 aliphatic rings. The number of amides is 1. The second-order valence-corrected chi connectivity index (χ2v) is 4.82. The van der Waals surface area contributed by atoms with Gasteiger partial charge >= 0.3 is 0 Å². The molecule has 0 aromatic rings. The van der Waals surface area contributed by atoms with Gasteiger partial charge < -0.3 is 10.2 Å². The van der Waals surface area contributed by atoms with E-state index in [0.717, 1.165) is 25.9 Å². The van der Waals surface area contributed by atoms with E-state index < -0.39 is 0 Å². The van der Waals surface area contributed by atoms with Crippen LogP contribution >= 0.6 is 0 Å². The molecule has 1 aliphatic heterocycles. The molecular formula is C13H26N2O. The third kappa shape index (κ3) is 4.52. The minimum absolute atomic E-state index is 0.0779. The molecule has 0 aliphatic carbocycles. The molecule has 3 heteroatoms. The molecule has 1 atom stereocenters. The maximum Gasteiger partial charge on any atom is 0.239 e. The Labute approximate surface area is 99.6 Å². The number of carbonyl (C=O) groups is 1. The summed E-state index contributed by atoms with van der Waals surface area (Å²) in [5.41, 5.74) is 0. The molecule has 16 heavy (non-hydrogen) atoms. The first-order valence-electron chi connectivity index (χ1n) is 6.74. The van der Waals surface area contributed by atoms with Gasteiger partial charge in [0.1, 0.15) is 0 Å². The number of likely N-dealkylation sites (N-methyl/N-ethyl adjacent to an activating group) is 1. The van der Waals surface area contributed by atoms with Gasteiger partial charge in [-0.25, -0.2) is 0 Å². The van der Waals surface area contributed by atoms with Crippen LogP contribution in [-0.4, -0.2) is 37.0 Å². The Hall–Kier alpha value is -0.570. The van der Waals surface area contributed by atoms with Gasteiger partial charge in [-0.2, -0.15) is 0 Å². The zero-order valence-corrected chi connectivity index (χ0v) is 10.8. The van der Waals surface area contributed by atoms with Crippen LogP contribution in [0.3, 0.4) is 0 Å². The Morgan fingerprint density at radius 1 is 1.31 bits per heavy atom. The fourth-order valence-corrected chi connectivity index (χ4v) is 2.21. The third-order valence-corrected chi connectivity index (χ3v) is 3.33. The van der Waals surface area contributed by atoms with Crippen LogP contribution in [0.25, 0.3) is 0 Å². The van der Waals surface area contributed by atoms with Crippen LogP contribution in [0.2, 0.25) is 0 Å². The van der Waals surface area contributed by atoms with Gasteiger partial charge in [0, 0.05) is 13.6 Å². The average molecular weight is 226 g/mol. The van der Waals surface area contributed by atoms with Crippen molar-refractivity contribution in [1.82, 2.24) is 10.2 Å². The normalized spacial score (nSPS) is 21.5. The molecule has 1 unspecified atom stereocenters. The first kappa shape index (κ1) is 13.5. The van der Waals surface area contributed by atoms with Crippen molar-refractivity contribution < 1.29 is 4.79 Å². The van der Waals surface area contributed by atoms with Crippen molar-refractivity contribution in [3.05, 3.63) is 0 Å². The highest BCUT2D eigenvalue weighted by atomic mass is 16.2. The van der Waals surface area contributed by atoms with Gasteiger partial charge in [0.05, 0.1) is 6.04 Å². The van der Waals surface area contributed by atoms with E-state index in [2.05, 4.69) is 12.2 Å². The molecule has 1 heterocycles. The van der Waals surface area contributed by atoms with E-state index in [9.17, 15) is 4.79 Å². The van der Waals surface area contributed by atoms with E-state index >= 15 is 0 Å². The predicted octanol–water partition coefficient (Wildman–Crippen LogP) is 2.17. The molecule has 1 rings (SSSR count). The minimum atomic E-state index is 0.0779. The molecule has 1 amide bonds. The van der Waals surface area contributed by atoms with Crippen molar-refractivity contribution in [3.63, 3.8) is 0 Å². The Morgan fingerprint density at radius 3 is 2.88 bits per heavy atom. The number of nitrogens with one attached hydrogen (secondary N) is 1. The Kier molecular flexibility index (Phi) is 6.46. The second kappa shape index (κ2) is 7.66. The largest absolute Gasteiger partial charge is 0.344 e. The van der Waals surface area contributed by atoms with Crippen molar-refractivity contribution in [2.24, 2.45) is 0 Å². The lowest BCUT2D eigenvalue weighted by molar-refractivity contribution is -0.132. The van der Waals surface area contributed by atoms with Crippen molar-refractivity contribution in [2.75, 3.05) is 20.1 Å². The molecule has 94 valence electrons. The molecule has 1 fully saturated rings. The molecular weight excluding hydrogens is 200 g/mol. The number of hydrogen-bond acceptors (Lipinski definition) is 2. The van der Waals surface area contributed by atoms with Crippen LogP contribution in [0.4, 0.5) is 0 Å². The lowest BCUT2D eigenvalue weighted by Gasteiger charge is -2.23. The highest BCUT2D eigenvalue weighted by molar-refractivity contribution is 5.81. The molecule has 0 spiro atoms. The van der Waals surface area contributed by atoms with E-state index in [1.807, 2.05) is 11.9 Å². The fraction of sp³-hybridized carbons (Fsp3) is 0.923. The average Bonchev–Trinajstić information content (AvgIpc) is 2.56. The predicted molar refractivity (Wildman–Crippen MR) is 67.4 cm³/mol. The zero-order valence-electron chi connectivity index (χ0n) is 10.8. The highest BCUT2D eigenvalue weighted by Gasteiger charge is 2.22. The summed E-state index contributed by atoms with van der Waals surface area (Å²) in [5, 5.41) is 3.36. The smallest absolute Gasteiger partial charge is 0.239 e. The molecule has 3 nitrogen and oxygen atoms in total. The van der Waals surface area contributed by atoms with Crippen molar-refractivity contribution in [2.45, 2.75) is 57.9 Å². The minimum Gasteiger partial charge on any atom is -0.344 e. The summed E-state index contributed by atoms with van der Waals surface area (Å²) in [7, 11) is 1.94. The third-order valence-electron chi connectivity index (χ3n) is 3.33. The van der Waals surface area contributed by atoms with Crippen LogP contribution in [-0.2, 0) is 4.79 Å². The lowest BCUT2D eigenvalue weighted by atomic mass is 10.1. The standard InChI is InChI=1S/C13H26N2O/c1-3-4-8-11-15(2)13(16)12-9-6-5-7-10-14-12/h12,14H,3-11H2,1-2H3. The lowest BCUT2D eigenvalue weighted by Crippen LogP contribution is -2.44. The van der Waals surface area contributed by atoms with Crippen LogP contribution in [0, 0.1) is 0 Å². The van der Waals surface area contributed by atoms with E-state index in [0.29, 0.717) is 0 Å². The van der Waals surface area contributed by atoms with Crippen molar-refractivity contribution >= 4 is 5.91 Å². The number of carbonyl (C=O) groups excluding carboxylic acids is 1. The summed E-state index contributed by atoms with van der Waals surface area (Å²) in [6.45, 7) is 4.10. The second-order valence-electron chi connectivity index (χ2n) is 4.82. The monoisotopic (exact) mass is 226 g/mol. The summed E-state index contributed by atoms with van der Waals surface area (Å²) in [4.78, 5) is 14.0. The Morgan fingerprint density at radius 2 is 2.12 bits per heavy atom. The summed E-state index contributed by atoms with van der Waals surface area (Å²) < 4.78 is 0. The Bertz CT molecular complexity index is 198. The summed E-state index contributed by atoms with van der Waals surface area (Å²) in [6, 6.07) is 0.0779. The first-order valence-corrected chi connectivity index (χ1v) is 6.74. The van der Waals surface area contributed by atoms with Crippen molar-refractivity contribution in [1.29, 1.82) is 0 Å². The molecule has 1 N–H and O–H groups in total. The van der Waals surface area contributed by atoms with Crippen LogP contribution in [0.5, 0.6) is 0 Å². The topological polar surface area (TPSA) is 32.3 Å². The molecule has 0 saturated carbocycles. The van der Waals surface area contributed by atoms with Gasteiger partial charge in [0.2, 0.25) is 5.91 Å². The molecule has 0 radical (unpaired) electrons. The SMILES string of the molecule is CCCCCN(C)C(=O)C1CCCCCN1. The van der Waals surface area contributed by atoms with Crippen LogP contribution in [0.1, 0.15) is 51.9 Å². The quantitative estimate of drug-likeness (QED) is 0.729. The van der Waals surface area contributed by atoms with E-state index in [4.69, 9.17) is 0 Å². The summed E-state index contributed by atoms with van der Waals surface area (Å²) >= 11 is 0. The van der Waals surface area contributed by atoms with Crippen LogP contribution in [0.15, 0.2) is 0 Å². The van der Waals surface area contributed by atoms with Gasteiger partial charge in [0.15, 0.2) is 0 Å². The van der Waals surface area contributed by atoms with E-state index in [1.165, 1.54) is 32.1 Å². The Balaban J connectivity index is 2.30. The molecule has 0 bridgehead atoms. The molecule has 0 aromatic carbocycles. The van der Waals surface area contributed by atoms with Gasteiger partial charge in [-0.1, -0.05) is 32.6 Å². The maximum absolute atomic E-state index is 12.1. The van der Waals surface area contributed by atoms with Gasteiger partial charge in [-0.15, -0.1) is 0 Å². The maximum atomic E-state index is 12.1. The van der Waals surface area contributed by atoms with Crippen molar-refractivity contribution in [3.8, 4) is 0 Å². The number of rotatable bonds is 5. The van der Waals surface area contributed by atoms with Gasteiger partial charge in [-0.05, 0) is 25.8 Å². The number of nitrogens with zero attached hydrogens (tertiary/aromatic N) is 1. The molecule has 0 aromatic heterocycles. The number of unbranched alkanes of at least 4 members (excludes halogenated alkanes) is 2. The van der Waals surface area contributed by atoms with E-state index in [-0.39, 0.29) is 11.9 Å². The highest BCUT2D eigenvalue weighted by Crippen LogP contribution is 2.10. The number of hydrogen-bond donors (Lipinski definition) is 1. The summed E-state index contributed by atoms with van der Waals surface area (Å²) in [6.07, 6.45) is 8.23. The van der Waals surface area contributed by atoms with E-state index in [1.54, 1.807) is 0 Å². The van der Waals surface area contributed by atoms with Gasteiger partial charge in [-0.3, -0.25) is 4.79 Å². The fourth-order valence-electron chi connectivity index (χ4n) is 2.21. The zero-order chi connectivity index (χ0) is 11.8. The molecule has 1 saturated heterocycles. The van der Waals surface area contributed by atoms with Crippen LogP contribution < -0.4 is 5.32 Å². The first-order chi connectivity index (χ1) is 7.75. The summed E-state index contributed by atoms with van der Waals surface area (Å²) in [5.74, 6) is 0.290. The van der Waals surface area contributed by atoms with Gasteiger partial charge in [0.25, 0.3) is 0 Å².